The summed E-state index contributed by atoms with van der Waals surface area (Å²) < 4.78 is 0. The van der Waals surface area contributed by atoms with Crippen molar-refractivity contribution in [1.29, 1.82) is 0 Å². The number of carbonyl (C=O) groups is 1. The predicted octanol–water partition coefficient (Wildman–Crippen LogP) is 3.85. The van der Waals surface area contributed by atoms with Crippen LogP contribution in [0.4, 0.5) is 0 Å². The van der Waals surface area contributed by atoms with Gasteiger partial charge in [-0.1, -0.05) is 36.4 Å². The fraction of sp³-hybridized carbons (Fsp3) is 0.0556. The lowest BCUT2D eigenvalue weighted by molar-refractivity contribution is -0.153. The fourth-order valence-electron chi connectivity index (χ4n) is 2.34. The molecule has 0 saturated heterocycles. The molecule has 0 aliphatic rings. The molecule has 1 amide bonds. The maximum Gasteiger partial charge on any atom is 0.269 e. The Balaban J connectivity index is 2.03. The largest absolute Gasteiger partial charge is 0.286 e. The van der Waals surface area contributed by atoms with Crippen LogP contribution in [-0.4, -0.2) is 23.2 Å². The second-order valence-electron chi connectivity index (χ2n) is 5.00. The molecule has 0 fully saturated rings. The summed E-state index contributed by atoms with van der Waals surface area (Å²) in [6.07, 6.45) is 3.05. The predicted molar refractivity (Wildman–Crippen MR) is 85.0 cm³/mol. The highest BCUT2D eigenvalue weighted by molar-refractivity contribution is 5.99. The molecule has 3 aromatic rings. The van der Waals surface area contributed by atoms with Crippen LogP contribution in [0.1, 0.15) is 5.56 Å². The van der Waals surface area contributed by atoms with Crippen molar-refractivity contribution in [2.75, 3.05) is 7.05 Å². The molecule has 0 unspecified atom stereocenters. The van der Waals surface area contributed by atoms with Crippen LogP contribution in [0.2, 0.25) is 0 Å². The Hall–Kier alpha value is -2.65. The molecule has 0 aromatic heterocycles. The molecular formula is C18H15NO2. The zero-order chi connectivity index (χ0) is 14.8. The van der Waals surface area contributed by atoms with Gasteiger partial charge in [-0.25, -0.2) is 5.06 Å². The van der Waals surface area contributed by atoms with Gasteiger partial charge in [0.05, 0.1) is 0 Å². The van der Waals surface area contributed by atoms with Gasteiger partial charge >= 0.3 is 0 Å². The van der Waals surface area contributed by atoms with E-state index in [1.807, 2.05) is 30.3 Å². The van der Waals surface area contributed by atoms with E-state index in [2.05, 4.69) is 24.3 Å². The Morgan fingerprint density at radius 2 is 1.57 bits per heavy atom. The van der Waals surface area contributed by atoms with Crippen molar-refractivity contribution >= 4 is 33.5 Å². The van der Waals surface area contributed by atoms with Crippen LogP contribution in [0.15, 0.2) is 60.7 Å². The van der Waals surface area contributed by atoms with E-state index in [9.17, 15) is 4.79 Å². The van der Waals surface area contributed by atoms with Crippen LogP contribution < -0.4 is 0 Å². The fourth-order valence-corrected chi connectivity index (χ4v) is 2.34. The molecule has 0 spiro atoms. The molecule has 104 valence electrons. The third-order valence-electron chi connectivity index (χ3n) is 3.47. The summed E-state index contributed by atoms with van der Waals surface area (Å²) in [6.45, 7) is 0. The number of hydrogen-bond donors (Lipinski definition) is 1. The summed E-state index contributed by atoms with van der Waals surface area (Å²) >= 11 is 0. The minimum absolute atomic E-state index is 0.450. The van der Waals surface area contributed by atoms with E-state index in [0.29, 0.717) is 5.06 Å². The molecule has 3 rings (SSSR count). The number of hydroxylamine groups is 2. The van der Waals surface area contributed by atoms with E-state index < -0.39 is 5.91 Å². The second-order valence-corrected chi connectivity index (χ2v) is 5.00. The standard InChI is InChI=1S/C18H15NO2/c1-19(21)18(20)9-7-13-6-8-16-11-14-4-2-3-5-15(14)12-17(16)10-13/h2-12,21H,1H3. The van der Waals surface area contributed by atoms with Gasteiger partial charge < -0.3 is 0 Å². The van der Waals surface area contributed by atoms with Gasteiger partial charge in [0.15, 0.2) is 0 Å². The lowest BCUT2D eigenvalue weighted by atomic mass is 10.0. The number of benzene rings is 3. The van der Waals surface area contributed by atoms with Crippen molar-refractivity contribution in [3.05, 3.63) is 66.2 Å². The summed E-state index contributed by atoms with van der Waals surface area (Å²) in [7, 11) is 1.30. The Morgan fingerprint density at radius 3 is 2.24 bits per heavy atom. The smallest absolute Gasteiger partial charge is 0.269 e. The number of rotatable bonds is 2. The molecule has 3 aromatic carbocycles. The summed E-state index contributed by atoms with van der Waals surface area (Å²) in [5.74, 6) is -0.450. The van der Waals surface area contributed by atoms with Crippen molar-refractivity contribution in [1.82, 2.24) is 5.06 Å². The molecular weight excluding hydrogens is 262 g/mol. The molecule has 0 bridgehead atoms. The van der Waals surface area contributed by atoms with Crippen LogP contribution in [0.25, 0.3) is 27.6 Å². The van der Waals surface area contributed by atoms with E-state index in [1.54, 1.807) is 6.08 Å². The average molecular weight is 277 g/mol. The first kappa shape index (κ1) is 13.3. The van der Waals surface area contributed by atoms with Crippen molar-refractivity contribution < 1.29 is 10.0 Å². The van der Waals surface area contributed by atoms with Gasteiger partial charge in [0, 0.05) is 13.1 Å². The maximum atomic E-state index is 11.3. The molecule has 0 heterocycles. The Morgan fingerprint density at radius 1 is 0.952 bits per heavy atom. The van der Waals surface area contributed by atoms with Crippen molar-refractivity contribution in [2.45, 2.75) is 0 Å². The van der Waals surface area contributed by atoms with Crippen LogP contribution in [-0.2, 0) is 4.79 Å². The van der Waals surface area contributed by atoms with Crippen molar-refractivity contribution in [3.8, 4) is 0 Å². The van der Waals surface area contributed by atoms with Crippen LogP contribution in [0.3, 0.4) is 0 Å². The zero-order valence-corrected chi connectivity index (χ0v) is 11.7. The Kier molecular flexibility index (Phi) is 3.42. The first-order valence-electron chi connectivity index (χ1n) is 6.71. The summed E-state index contributed by atoms with van der Waals surface area (Å²) in [5, 5.41) is 14.3. The molecule has 21 heavy (non-hydrogen) atoms. The maximum absolute atomic E-state index is 11.3. The van der Waals surface area contributed by atoms with Gasteiger partial charge in [-0.3, -0.25) is 10.0 Å². The number of amides is 1. The molecule has 3 heteroatoms. The first-order chi connectivity index (χ1) is 10.1. The normalized spacial score (nSPS) is 11.3. The number of hydrogen-bond acceptors (Lipinski definition) is 2. The van der Waals surface area contributed by atoms with Gasteiger partial charge in [-0.15, -0.1) is 0 Å². The summed E-state index contributed by atoms with van der Waals surface area (Å²) in [5.41, 5.74) is 0.924. The number of fused-ring (bicyclic) bond motifs is 2. The first-order valence-corrected chi connectivity index (χ1v) is 6.71. The van der Waals surface area contributed by atoms with Crippen molar-refractivity contribution in [2.24, 2.45) is 0 Å². The van der Waals surface area contributed by atoms with Gasteiger partial charge in [-0.05, 0) is 51.4 Å². The number of likely N-dealkylation sites (N-methyl/N-ethyl adjacent to an activating group) is 1. The summed E-state index contributed by atoms with van der Waals surface area (Å²) in [4.78, 5) is 11.3. The van der Waals surface area contributed by atoms with E-state index in [4.69, 9.17) is 5.21 Å². The van der Waals surface area contributed by atoms with Gasteiger partial charge in [0.2, 0.25) is 0 Å². The lowest BCUT2D eigenvalue weighted by Crippen LogP contribution is -2.19. The minimum atomic E-state index is -0.450. The van der Waals surface area contributed by atoms with Crippen LogP contribution >= 0.6 is 0 Å². The van der Waals surface area contributed by atoms with E-state index >= 15 is 0 Å². The molecule has 0 radical (unpaired) electrons. The summed E-state index contributed by atoms with van der Waals surface area (Å²) in [6, 6.07) is 18.6. The third-order valence-corrected chi connectivity index (χ3v) is 3.47. The third kappa shape index (κ3) is 2.78. The van der Waals surface area contributed by atoms with Crippen LogP contribution in [0.5, 0.6) is 0 Å². The highest BCUT2D eigenvalue weighted by Crippen LogP contribution is 2.24. The zero-order valence-electron chi connectivity index (χ0n) is 11.7. The topological polar surface area (TPSA) is 40.5 Å². The average Bonchev–Trinajstić information content (AvgIpc) is 2.50. The van der Waals surface area contributed by atoms with Crippen molar-refractivity contribution in [3.63, 3.8) is 0 Å². The molecule has 1 N–H and O–H groups in total. The van der Waals surface area contributed by atoms with Gasteiger partial charge in [0.25, 0.3) is 5.91 Å². The monoisotopic (exact) mass is 277 g/mol. The molecule has 0 aliphatic carbocycles. The molecule has 0 saturated carbocycles. The van der Waals surface area contributed by atoms with E-state index in [-0.39, 0.29) is 0 Å². The Bertz CT molecular complexity index is 850. The lowest BCUT2D eigenvalue weighted by Gasteiger charge is -2.05. The van der Waals surface area contributed by atoms with Gasteiger partial charge in [0.1, 0.15) is 0 Å². The quantitative estimate of drug-likeness (QED) is 0.334. The van der Waals surface area contributed by atoms with Crippen LogP contribution in [0, 0.1) is 0 Å². The molecule has 0 aliphatic heterocycles. The minimum Gasteiger partial charge on any atom is -0.286 e. The SMILES string of the molecule is CN(O)C(=O)C=Cc1ccc2cc3ccccc3cc2c1. The number of nitrogens with zero attached hydrogens (tertiary/aromatic N) is 1. The highest BCUT2D eigenvalue weighted by atomic mass is 16.5. The highest BCUT2D eigenvalue weighted by Gasteiger charge is 2.01. The van der Waals surface area contributed by atoms with E-state index in [0.717, 1.165) is 16.3 Å². The second kappa shape index (κ2) is 5.38. The molecule has 0 atom stereocenters. The molecule has 3 nitrogen and oxygen atoms in total. The van der Waals surface area contributed by atoms with E-state index in [1.165, 1.54) is 23.9 Å². The Labute approximate surface area is 122 Å². The number of carbonyl (C=O) groups excluding carboxylic acids is 1. The van der Waals surface area contributed by atoms with Gasteiger partial charge in [-0.2, -0.15) is 0 Å².